The standard InChI is InChI=1S/C33H37F3N2O4/c1-32(2,3)42-29(39)18-23-17-22(40-33(4,5)41-23)11-12-24-30(19-7-8-19)37-27-13-9-20(34)15-25(27)31(24)38(6)28-14-10-21(35)16-26(28)36/h9-16,19,22-23H,7-8,17-18H2,1-6H3/b12-11+/t22-,23-/m1/s1. The number of hydrogen-bond acceptors (Lipinski definition) is 6. The number of hydrogen-bond donors (Lipinski definition) is 0. The Labute approximate surface area is 244 Å². The number of benzene rings is 2. The summed E-state index contributed by atoms with van der Waals surface area (Å²) in [4.78, 5) is 19.1. The van der Waals surface area contributed by atoms with Gasteiger partial charge in [0, 0.05) is 36.4 Å². The second-order valence-corrected chi connectivity index (χ2v) is 12.5. The van der Waals surface area contributed by atoms with Gasteiger partial charge >= 0.3 is 5.97 Å². The Morgan fingerprint density at radius 2 is 1.79 bits per heavy atom. The second-order valence-electron chi connectivity index (χ2n) is 12.5. The molecule has 1 saturated heterocycles. The normalized spacial score (nSPS) is 20.7. The van der Waals surface area contributed by atoms with E-state index in [0.717, 1.165) is 24.6 Å². The Morgan fingerprint density at radius 1 is 1.10 bits per heavy atom. The van der Waals surface area contributed by atoms with Crippen molar-refractivity contribution in [1.82, 2.24) is 4.98 Å². The first-order chi connectivity index (χ1) is 19.7. The summed E-state index contributed by atoms with van der Waals surface area (Å²) in [7, 11) is 1.68. The van der Waals surface area contributed by atoms with Gasteiger partial charge in [-0.25, -0.2) is 13.2 Å². The number of pyridine rings is 1. The summed E-state index contributed by atoms with van der Waals surface area (Å²) < 4.78 is 61.1. The number of rotatable bonds is 7. The molecule has 0 unspecified atom stereocenters. The van der Waals surface area contributed by atoms with Gasteiger partial charge in [-0.3, -0.25) is 9.78 Å². The van der Waals surface area contributed by atoms with Crippen LogP contribution in [0.25, 0.3) is 17.0 Å². The maximum absolute atomic E-state index is 15.0. The number of esters is 1. The molecular formula is C33H37F3N2O4. The number of halogens is 3. The maximum Gasteiger partial charge on any atom is 0.308 e. The summed E-state index contributed by atoms with van der Waals surface area (Å²) in [6, 6.07) is 7.75. The van der Waals surface area contributed by atoms with Crippen LogP contribution in [0, 0.1) is 17.5 Å². The summed E-state index contributed by atoms with van der Waals surface area (Å²) in [5.74, 6) is -2.98. The van der Waals surface area contributed by atoms with Crippen LogP contribution in [0.3, 0.4) is 0 Å². The highest BCUT2D eigenvalue weighted by atomic mass is 19.1. The first-order valence-corrected chi connectivity index (χ1v) is 14.3. The van der Waals surface area contributed by atoms with E-state index in [-0.39, 0.29) is 24.0 Å². The van der Waals surface area contributed by atoms with E-state index in [2.05, 4.69) is 0 Å². The Bertz CT molecular complexity index is 1530. The van der Waals surface area contributed by atoms with Gasteiger partial charge in [-0.2, -0.15) is 0 Å². The van der Waals surface area contributed by atoms with Crippen molar-refractivity contribution in [3.63, 3.8) is 0 Å². The predicted molar refractivity (Wildman–Crippen MR) is 156 cm³/mol. The molecule has 0 bridgehead atoms. The van der Waals surface area contributed by atoms with Gasteiger partial charge in [0.25, 0.3) is 0 Å². The van der Waals surface area contributed by atoms with Gasteiger partial charge in [0.15, 0.2) is 5.79 Å². The maximum atomic E-state index is 15.0. The highest BCUT2D eigenvalue weighted by molar-refractivity contribution is 5.99. The molecule has 1 aromatic heterocycles. The van der Waals surface area contributed by atoms with Crippen molar-refractivity contribution in [2.75, 3.05) is 11.9 Å². The van der Waals surface area contributed by atoms with Gasteiger partial charge in [-0.05, 0) is 77.8 Å². The molecule has 2 fully saturated rings. The minimum Gasteiger partial charge on any atom is -0.460 e. The molecule has 42 heavy (non-hydrogen) atoms. The third kappa shape index (κ3) is 6.95. The molecule has 224 valence electrons. The van der Waals surface area contributed by atoms with Crippen molar-refractivity contribution in [3.8, 4) is 0 Å². The lowest BCUT2D eigenvalue weighted by Crippen LogP contribution is -2.45. The van der Waals surface area contributed by atoms with E-state index < -0.39 is 41.0 Å². The molecule has 0 N–H and O–H groups in total. The van der Waals surface area contributed by atoms with Crippen LogP contribution in [-0.4, -0.2) is 41.6 Å². The van der Waals surface area contributed by atoms with Crippen molar-refractivity contribution in [2.24, 2.45) is 0 Å². The minimum absolute atomic E-state index is 0.0797. The van der Waals surface area contributed by atoms with Gasteiger partial charge in [-0.15, -0.1) is 0 Å². The number of aromatic nitrogens is 1. The summed E-state index contributed by atoms with van der Waals surface area (Å²) in [5, 5.41) is 0.501. The van der Waals surface area contributed by atoms with Crippen LogP contribution in [0.2, 0.25) is 0 Å². The van der Waals surface area contributed by atoms with Crippen LogP contribution in [0.4, 0.5) is 24.5 Å². The number of ether oxygens (including phenoxy) is 3. The fraction of sp³-hybridized carbons (Fsp3) is 0.455. The molecule has 0 amide bonds. The van der Waals surface area contributed by atoms with Crippen molar-refractivity contribution >= 4 is 34.3 Å². The van der Waals surface area contributed by atoms with E-state index in [1.165, 1.54) is 24.3 Å². The fourth-order valence-electron chi connectivity index (χ4n) is 5.48. The van der Waals surface area contributed by atoms with Gasteiger partial charge in [0.2, 0.25) is 0 Å². The van der Waals surface area contributed by atoms with E-state index in [0.29, 0.717) is 28.6 Å². The Hall–Kier alpha value is -3.43. The zero-order valence-electron chi connectivity index (χ0n) is 24.8. The summed E-state index contributed by atoms with van der Waals surface area (Å²) in [6.07, 6.45) is 5.31. The Balaban J connectivity index is 1.56. The van der Waals surface area contributed by atoms with E-state index in [1.807, 2.05) is 32.9 Å². The molecule has 5 rings (SSSR count). The quantitative estimate of drug-likeness (QED) is 0.264. The van der Waals surface area contributed by atoms with Gasteiger partial charge in [0.05, 0.1) is 41.2 Å². The minimum atomic E-state index is -0.957. The smallest absolute Gasteiger partial charge is 0.308 e. The van der Waals surface area contributed by atoms with Crippen molar-refractivity contribution in [1.29, 1.82) is 0 Å². The molecule has 9 heteroatoms. The zero-order valence-corrected chi connectivity index (χ0v) is 24.8. The highest BCUT2D eigenvalue weighted by Gasteiger charge is 2.37. The third-order valence-electron chi connectivity index (χ3n) is 7.23. The molecule has 2 aliphatic rings. The van der Waals surface area contributed by atoms with E-state index in [9.17, 15) is 13.6 Å². The summed E-state index contributed by atoms with van der Waals surface area (Å²) >= 11 is 0. The van der Waals surface area contributed by atoms with Crippen LogP contribution < -0.4 is 4.90 Å². The molecule has 2 aromatic carbocycles. The average Bonchev–Trinajstić information content (AvgIpc) is 3.69. The molecule has 0 radical (unpaired) electrons. The third-order valence-corrected chi connectivity index (χ3v) is 7.23. The number of carbonyl (C=O) groups excluding carboxylic acids is 1. The van der Waals surface area contributed by atoms with Crippen LogP contribution in [0.1, 0.15) is 77.5 Å². The Morgan fingerprint density at radius 3 is 2.45 bits per heavy atom. The first kappa shape index (κ1) is 30.0. The summed E-state index contributed by atoms with van der Waals surface area (Å²) in [6.45, 7) is 9.04. The molecule has 3 aromatic rings. The number of fused-ring (bicyclic) bond motifs is 1. The largest absolute Gasteiger partial charge is 0.460 e. The van der Waals surface area contributed by atoms with Crippen LogP contribution in [-0.2, 0) is 19.0 Å². The van der Waals surface area contributed by atoms with Crippen LogP contribution in [0.15, 0.2) is 42.5 Å². The molecule has 6 nitrogen and oxygen atoms in total. The van der Waals surface area contributed by atoms with E-state index in [4.69, 9.17) is 19.2 Å². The number of nitrogens with zero attached hydrogens (tertiary/aromatic N) is 2. The van der Waals surface area contributed by atoms with Crippen molar-refractivity contribution in [3.05, 3.63) is 71.2 Å². The van der Waals surface area contributed by atoms with Gasteiger partial charge < -0.3 is 19.1 Å². The lowest BCUT2D eigenvalue weighted by molar-refractivity contribution is -0.290. The van der Waals surface area contributed by atoms with Crippen LogP contribution >= 0.6 is 0 Å². The van der Waals surface area contributed by atoms with E-state index >= 15 is 4.39 Å². The molecule has 1 aliphatic carbocycles. The molecule has 2 heterocycles. The Kier molecular flexibility index (Phi) is 8.11. The highest BCUT2D eigenvalue weighted by Crippen LogP contribution is 2.47. The molecular weight excluding hydrogens is 545 g/mol. The lowest BCUT2D eigenvalue weighted by atomic mass is 9.99. The van der Waals surface area contributed by atoms with Gasteiger partial charge in [0.1, 0.15) is 23.1 Å². The topological polar surface area (TPSA) is 60.9 Å². The molecule has 0 spiro atoms. The molecule has 1 aliphatic heterocycles. The summed E-state index contributed by atoms with van der Waals surface area (Å²) in [5.41, 5.74) is 2.21. The number of carbonyl (C=O) groups is 1. The monoisotopic (exact) mass is 582 g/mol. The fourth-order valence-corrected chi connectivity index (χ4v) is 5.48. The SMILES string of the molecule is CN(c1ccc(F)cc1F)c1c(/C=C/[C@@H]2C[C@H](CC(=O)OC(C)(C)C)OC(C)(C)O2)c(C2CC2)nc2ccc(F)cc12. The lowest BCUT2D eigenvalue weighted by Gasteiger charge is -2.40. The van der Waals surface area contributed by atoms with Gasteiger partial charge in [-0.1, -0.05) is 12.2 Å². The van der Waals surface area contributed by atoms with Crippen LogP contribution in [0.5, 0.6) is 0 Å². The predicted octanol–water partition coefficient (Wildman–Crippen LogP) is 7.95. The number of anilines is 2. The second kappa shape index (κ2) is 11.3. The van der Waals surface area contributed by atoms with Crippen molar-refractivity contribution in [2.45, 2.75) is 89.8 Å². The van der Waals surface area contributed by atoms with Crippen molar-refractivity contribution < 1.29 is 32.2 Å². The van der Waals surface area contributed by atoms with E-state index in [1.54, 1.807) is 31.9 Å². The molecule has 2 atom stereocenters. The average molecular weight is 583 g/mol. The zero-order chi connectivity index (χ0) is 30.4. The molecule has 1 saturated carbocycles. The first-order valence-electron chi connectivity index (χ1n) is 14.3.